The van der Waals surface area contributed by atoms with Gasteiger partial charge in [0.2, 0.25) is 15.9 Å². The molecule has 12 heteroatoms. The van der Waals surface area contributed by atoms with E-state index in [2.05, 4.69) is 10.7 Å². The number of hydrogen-bond donors (Lipinski definition) is 2. The average Bonchev–Trinajstić information content (AvgIpc) is 3.07. The molecule has 0 radical (unpaired) electrons. The molecule has 4 amide bonds. The summed E-state index contributed by atoms with van der Waals surface area (Å²) in [4.78, 5) is 38.2. The number of amides is 4. The maximum Gasteiger partial charge on any atom is 0.344 e. The monoisotopic (exact) mass is 492 g/mol. The number of urea groups is 1. The second-order valence-corrected chi connectivity index (χ2v) is 11.1. The van der Waals surface area contributed by atoms with Gasteiger partial charge >= 0.3 is 6.03 Å². The highest BCUT2D eigenvalue weighted by molar-refractivity contribution is 7.89. The van der Waals surface area contributed by atoms with E-state index in [1.54, 1.807) is 6.07 Å². The number of benzene rings is 1. The summed E-state index contributed by atoms with van der Waals surface area (Å²) in [7, 11) is -3.77. The van der Waals surface area contributed by atoms with E-state index in [-0.39, 0.29) is 30.8 Å². The lowest BCUT2D eigenvalue weighted by Gasteiger charge is -2.32. The molecule has 2 N–H and O–H groups in total. The first kappa shape index (κ1) is 22.9. The quantitative estimate of drug-likeness (QED) is 0.602. The highest BCUT2D eigenvalue weighted by Crippen LogP contribution is 2.35. The zero-order valence-corrected chi connectivity index (χ0v) is 19.6. The van der Waals surface area contributed by atoms with Crippen molar-refractivity contribution in [2.75, 3.05) is 26.3 Å². The van der Waals surface area contributed by atoms with Crippen molar-refractivity contribution in [3.8, 4) is 11.5 Å². The van der Waals surface area contributed by atoms with E-state index in [4.69, 9.17) is 9.47 Å². The van der Waals surface area contributed by atoms with Crippen molar-refractivity contribution in [2.24, 2.45) is 5.92 Å². The Balaban J connectivity index is 1.20. The minimum absolute atomic E-state index is 0.108. The summed E-state index contributed by atoms with van der Waals surface area (Å²) in [6.45, 7) is 1.08. The van der Waals surface area contributed by atoms with Gasteiger partial charge in [-0.2, -0.15) is 9.31 Å². The number of nitrogens with zero attached hydrogens (tertiary/aromatic N) is 2. The number of hydrogen-bond acceptors (Lipinski definition) is 7. The minimum Gasteiger partial charge on any atom is -0.486 e. The third kappa shape index (κ3) is 3.98. The lowest BCUT2D eigenvalue weighted by atomic mass is 9.82. The maximum absolute atomic E-state index is 13.1. The first-order valence-electron chi connectivity index (χ1n) is 11.7. The number of hydrazine groups is 1. The summed E-state index contributed by atoms with van der Waals surface area (Å²) in [5, 5.41) is 3.56. The molecule has 2 saturated heterocycles. The molecule has 1 aromatic rings. The van der Waals surface area contributed by atoms with Crippen LogP contribution in [0.5, 0.6) is 11.5 Å². The van der Waals surface area contributed by atoms with E-state index < -0.39 is 39.3 Å². The lowest BCUT2D eigenvalue weighted by Crippen LogP contribution is -2.53. The molecule has 4 aliphatic rings. The van der Waals surface area contributed by atoms with Crippen LogP contribution in [-0.2, 0) is 19.6 Å². The molecule has 0 atom stereocenters. The van der Waals surface area contributed by atoms with Crippen LogP contribution < -0.4 is 20.2 Å². The van der Waals surface area contributed by atoms with E-state index in [9.17, 15) is 22.8 Å². The maximum atomic E-state index is 13.1. The van der Waals surface area contributed by atoms with Gasteiger partial charge in [0.1, 0.15) is 18.8 Å². The Morgan fingerprint density at radius 3 is 2.41 bits per heavy atom. The Hall–Kier alpha value is -2.86. The van der Waals surface area contributed by atoms with E-state index >= 15 is 0 Å². The van der Waals surface area contributed by atoms with E-state index in [1.807, 2.05) is 0 Å². The Labute approximate surface area is 197 Å². The van der Waals surface area contributed by atoms with Gasteiger partial charge in [-0.05, 0) is 37.8 Å². The molecular weight excluding hydrogens is 464 g/mol. The summed E-state index contributed by atoms with van der Waals surface area (Å²) in [6.07, 6.45) is 4.42. The van der Waals surface area contributed by atoms with E-state index in [1.165, 1.54) is 16.4 Å². The fraction of sp³-hybridized carbons (Fsp3) is 0.591. The Kier molecular flexibility index (Phi) is 5.88. The predicted octanol–water partition coefficient (Wildman–Crippen LogP) is 1.14. The number of rotatable bonds is 4. The first-order valence-corrected chi connectivity index (χ1v) is 13.1. The molecule has 184 valence electrons. The van der Waals surface area contributed by atoms with Crippen LogP contribution in [0.4, 0.5) is 4.79 Å². The summed E-state index contributed by atoms with van der Waals surface area (Å²) in [5.41, 5.74) is 1.56. The topological polar surface area (TPSA) is 134 Å². The highest BCUT2D eigenvalue weighted by atomic mass is 32.2. The van der Waals surface area contributed by atoms with Crippen LogP contribution in [0.15, 0.2) is 23.1 Å². The zero-order valence-electron chi connectivity index (χ0n) is 18.7. The van der Waals surface area contributed by atoms with Crippen molar-refractivity contribution < 1.29 is 32.3 Å². The second kappa shape index (κ2) is 8.73. The third-order valence-corrected chi connectivity index (χ3v) is 8.96. The number of piperidine rings is 1. The van der Waals surface area contributed by atoms with E-state index in [0.29, 0.717) is 37.6 Å². The van der Waals surface area contributed by atoms with Crippen molar-refractivity contribution in [3.05, 3.63) is 18.2 Å². The van der Waals surface area contributed by atoms with Gasteiger partial charge in [0.25, 0.3) is 5.91 Å². The smallest absolute Gasteiger partial charge is 0.344 e. The number of imide groups is 1. The number of sulfonamides is 1. The van der Waals surface area contributed by atoms with Gasteiger partial charge in [-0.3, -0.25) is 15.0 Å². The van der Waals surface area contributed by atoms with Crippen LogP contribution in [0.3, 0.4) is 0 Å². The molecule has 0 aromatic heterocycles. The van der Waals surface area contributed by atoms with Crippen molar-refractivity contribution >= 4 is 27.9 Å². The van der Waals surface area contributed by atoms with Crippen molar-refractivity contribution in [2.45, 2.75) is 55.4 Å². The SMILES string of the molecule is O=C(NN1C(=O)NC2(CCCCC2)C1=O)C1CCN(S(=O)(=O)c2ccc3c(c2)OCCO3)CC1. The molecule has 0 bridgehead atoms. The fourth-order valence-electron chi connectivity index (χ4n) is 5.11. The van der Waals surface area contributed by atoms with Crippen LogP contribution in [0, 0.1) is 5.92 Å². The molecule has 1 aliphatic carbocycles. The van der Waals surface area contributed by atoms with Crippen LogP contribution in [0.1, 0.15) is 44.9 Å². The van der Waals surface area contributed by atoms with E-state index in [0.717, 1.165) is 24.3 Å². The summed E-state index contributed by atoms with van der Waals surface area (Å²) >= 11 is 0. The summed E-state index contributed by atoms with van der Waals surface area (Å²) in [5.74, 6) is -0.464. The number of fused-ring (bicyclic) bond motifs is 1. The minimum atomic E-state index is -3.77. The predicted molar refractivity (Wildman–Crippen MR) is 118 cm³/mol. The molecular formula is C22H28N4O7S. The van der Waals surface area contributed by atoms with Crippen LogP contribution in [0.2, 0.25) is 0 Å². The molecule has 5 rings (SSSR count). The molecule has 3 heterocycles. The van der Waals surface area contributed by atoms with Crippen molar-refractivity contribution in [3.63, 3.8) is 0 Å². The molecule has 3 fully saturated rings. The molecule has 34 heavy (non-hydrogen) atoms. The van der Waals surface area contributed by atoms with Gasteiger partial charge in [0.15, 0.2) is 11.5 Å². The Morgan fingerprint density at radius 2 is 1.71 bits per heavy atom. The largest absolute Gasteiger partial charge is 0.486 e. The zero-order chi connectivity index (χ0) is 23.9. The molecule has 0 unspecified atom stereocenters. The molecule has 1 aromatic carbocycles. The van der Waals surface area contributed by atoms with Gasteiger partial charge in [-0.1, -0.05) is 19.3 Å². The van der Waals surface area contributed by atoms with Crippen molar-refractivity contribution in [1.82, 2.24) is 20.1 Å². The van der Waals surface area contributed by atoms with Crippen molar-refractivity contribution in [1.29, 1.82) is 0 Å². The molecule has 1 spiro atoms. The van der Waals surface area contributed by atoms with Gasteiger partial charge in [0, 0.05) is 25.1 Å². The molecule has 11 nitrogen and oxygen atoms in total. The van der Waals surface area contributed by atoms with Crippen LogP contribution in [0.25, 0.3) is 0 Å². The average molecular weight is 493 g/mol. The van der Waals surface area contributed by atoms with Gasteiger partial charge in [-0.15, -0.1) is 0 Å². The van der Waals surface area contributed by atoms with Gasteiger partial charge in [0.05, 0.1) is 4.90 Å². The number of carbonyl (C=O) groups excluding carboxylic acids is 3. The highest BCUT2D eigenvalue weighted by Gasteiger charge is 2.52. The Morgan fingerprint density at radius 1 is 1.03 bits per heavy atom. The molecule has 1 saturated carbocycles. The van der Waals surface area contributed by atoms with Gasteiger partial charge in [-0.25, -0.2) is 13.2 Å². The fourth-order valence-corrected chi connectivity index (χ4v) is 6.59. The number of carbonyl (C=O) groups is 3. The number of nitrogens with one attached hydrogen (secondary N) is 2. The second-order valence-electron chi connectivity index (χ2n) is 9.17. The normalized spacial score (nSPS) is 23.1. The first-order chi connectivity index (χ1) is 16.3. The standard InChI is InChI=1S/C22H28N4O7S/c27-19(24-26-20(28)22(23-21(26)29)8-2-1-3-9-22)15-6-10-25(11-7-15)34(30,31)16-4-5-17-18(14-16)33-13-12-32-17/h4-5,14-15H,1-3,6-13H2,(H,23,29)(H,24,27). The van der Waals surface area contributed by atoms with Crippen LogP contribution >= 0.6 is 0 Å². The lowest BCUT2D eigenvalue weighted by molar-refractivity contribution is -0.141. The molecule has 3 aliphatic heterocycles. The summed E-state index contributed by atoms with van der Waals surface area (Å²) in [6, 6.07) is 3.92. The van der Waals surface area contributed by atoms with Crippen LogP contribution in [-0.4, -0.2) is 67.4 Å². The summed E-state index contributed by atoms with van der Waals surface area (Å²) < 4.78 is 38.5. The Bertz CT molecular complexity index is 1110. The van der Waals surface area contributed by atoms with Gasteiger partial charge < -0.3 is 14.8 Å². The number of ether oxygens (including phenoxy) is 2. The third-order valence-electron chi connectivity index (χ3n) is 7.07.